The fraction of sp³-hybridized carbons (Fsp3) is 0.500. The Kier molecular flexibility index (Phi) is 4.37. The number of anilines is 1. The number of nitrogen functional groups attached to an aromatic ring is 1. The van der Waals surface area contributed by atoms with Crippen molar-refractivity contribution in [1.29, 1.82) is 0 Å². The van der Waals surface area contributed by atoms with Gasteiger partial charge in [-0.15, -0.1) is 0 Å². The summed E-state index contributed by atoms with van der Waals surface area (Å²) in [7, 11) is 0. The van der Waals surface area contributed by atoms with Gasteiger partial charge < -0.3 is 16.2 Å². The van der Waals surface area contributed by atoms with Crippen molar-refractivity contribution in [2.24, 2.45) is 5.92 Å². The van der Waals surface area contributed by atoms with E-state index in [-0.39, 0.29) is 23.3 Å². The number of aliphatic hydroxyl groups excluding tert-OH is 1. The summed E-state index contributed by atoms with van der Waals surface area (Å²) in [4.78, 5) is 11.9. The van der Waals surface area contributed by atoms with E-state index in [0.29, 0.717) is 12.5 Å². The largest absolute Gasteiger partial charge is 0.396 e. The molecule has 1 fully saturated rings. The van der Waals surface area contributed by atoms with Crippen LogP contribution in [0.2, 0.25) is 0 Å². The van der Waals surface area contributed by atoms with Crippen LogP contribution in [0, 0.1) is 11.7 Å². The highest BCUT2D eigenvalue weighted by atomic mass is 19.1. The van der Waals surface area contributed by atoms with E-state index in [1.54, 1.807) is 0 Å². The van der Waals surface area contributed by atoms with Crippen LogP contribution in [-0.2, 0) is 0 Å². The molecule has 0 radical (unpaired) electrons. The highest BCUT2D eigenvalue weighted by molar-refractivity contribution is 5.99. The molecule has 4 N–H and O–H groups in total. The third-order valence-electron chi connectivity index (χ3n) is 3.67. The second kappa shape index (κ2) is 6.02. The number of carbonyl (C=O) groups is 1. The lowest BCUT2D eigenvalue weighted by atomic mass is 9.87. The summed E-state index contributed by atoms with van der Waals surface area (Å²) in [5, 5.41) is 12.2. The Morgan fingerprint density at radius 3 is 2.74 bits per heavy atom. The third kappa shape index (κ3) is 3.44. The van der Waals surface area contributed by atoms with Gasteiger partial charge >= 0.3 is 0 Å². The molecular formula is C14H19FN2O2. The van der Waals surface area contributed by atoms with E-state index in [1.165, 1.54) is 18.2 Å². The zero-order valence-electron chi connectivity index (χ0n) is 10.7. The summed E-state index contributed by atoms with van der Waals surface area (Å²) >= 11 is 0. The molecule has 0 aliphatic heterocycles. The molecule has 104 valence electrons. The number of halogens is 1. The maximum absolute atomic E-state index is 13.2. The number of rotatable bonds is 3. The molecule has 0 atom stereocenters. The lowest BCUT2D eigenvalue weighted by molar-refractivity contribution is 0.0910. The van der Waals surface area contributed by atoms with Crippen molar-refractivity contribution in [2.45, 2.75) is 31.8 Å². The van der Waals surface area contributed by atoms with Crippen molar-refractivity contribution in [1.82, 2.24) is 5.32 Å². The number of amides is 1. The van der Waals surface area contributed by atoms with Crippen molar-refractivity contribution in [3.05, 3.63) is 29.6 Å². The molecule has 0 aromatic heterocycles. The highest BCUT2D eigenvalue weighted by Crippen LogP contribution is 2.23. The molecule has 1 aliphatic rings. The average molecular weight is 266 g/mol. The minimum Gasteiger partial charge on any atom is -0.396 e. The second-order valence-corrected chi connectivity index (χ2v) is 5.09. The molecule has 0 saturated heterocycles. The number of aliphatic hydroxyl groups is 1. The number of carbonyl (C=O) groups excluding carboxylic acids is 1. The zero-order valence-corrected chi connectivity index (χ0v) is 10.7. The summed E-state index contributed by atoms with van der Waals surface area (Å²) in [6.07, 6.45) is 3.16. The molecule has 1 aromatic rings. The van der Waals surface area contributed by atoms with E-state index in [4.69, 9.17) is 5.73 Å². The van der Waals surface area contributed by atoms with Crippen LogP contribution in [0.1, 0.15) is 36.0 Å². The molecule has 5 heteroatoms. The Morgan fingerprint density at radius 1 is 1.37 bits per heavy atom. The first kappa shape index (κ1) is 13.8. The number of nitrogens with one attached hydrogen (secondary N) is 1. The lowest BCUT2D eigenvalue weighted by Gasteiger charge is -2.25. The van der Waals surface area contributed by atoms with Crippen molar-refractivity contribution >= 4 is 11.6 Å². The van der Waals surface area contributed by atoms with Gasteiger partial charge in [0.1, 0.15) is 5.82 Å². The van der Waals surface area contributed by atoms with Gasteiger partial charge in [-0.25, -0.2) is 4.39 Å². The van der Waals surface area contributed by atoms with Gasteiger partial charge in [-0.2, -0.15) is 0 Å². The van der Waals surface area contributed by atoms with Crippen LogP contribution in [0.3, 0.4) is 0 Å². The maximum Gasteiger partial charge on any atom is 0.253 e. The maximum atomic E-state index is 13.2. The SMILES string of the molecule is Nc1c(F)cccc1C(=O)NCC1CCC(O)CC1. The molecule has 2 rings (SSSR count). The molecule has 1 amide bonds. The molecule has 19 heavy (non-hydrogen) atoms. The molecule has 4 nitrogen and oxygen atoms in total. The summed E-state index contributed by atoms with van der Waals surface area (Å²) in [5.74, 6) is -0.543. The van der Waals surface area contributed by atoms with Crippen LogP contribution in [0.4, 0.5) is 10.1 Å². The lowest BCUT2D eigenvalue weighted by Crippen LogP contribution is -2.32. The molecule has 0 spiro atoms. The Balaban J connectivity index is 1.89. The van der Waals surface area contributed by atoms with Gasteiger partial charge in [0, 0.05) is 6.54 Å². The molecular weight excluding hydrogens is 247 g/mol. The normalized spacial score (nSPS) is 23.1. The topological polar surface area (TPSA) is 75.4 Å². The Hall–Kier alpha value is -1.62. The number of benzene rings is 1. The fourth-order valence-electron chi connectivity index (χ4n) is 2.42. The van der Waals surface area contributed by atoms with Gasteiger partial charge in [0.2, 0.25) is 0 Å². The number of hydrogen-bond donors (Lipinski definition) is 3. The van der Waals surface area contributed by atoms with E-state index in [1.807, 2.05) is 0 Å². The van der Waals surface area contributed by atoms with Crippen LogP contribution >= 0.6 is 0 Å². The minimum atomic E-state index is -0.576. The first-order valence-corrected chi connectivity index (χ1v) is 6.58. The predicted molar refractivity (Wildman–Crippen MR) is 71.1 cm³/mol. The molecule has 0 unspecified atom stereocenters. The van der Waals surface area contributed by atoms with E-state index < -0.39 is 5.82 Å². The van der Waals surface area contributed by atoms with Gasteiger partial charge in [-0.3, -0.25) is 4.79 Å². The van der Waals surface area contributed by atoms with E-state index in [2.05, 4.69) is 5.32 Å². The smallest absolute Gasteiger partial charge is 0.253 e. The van der Waals surface area contributed by atoms with E-state index >= 15 is 0 Å². The number of hydrogen-bond acceptors (Lipinski definition) is 3. The van der Waals surface area contributed by atoms with Crippen molar-refractivity contribution in [2.75, 3.05) is 12.3 Å². The highest BCUT2D eigenvalue weighted by Gasteiger charge is 2.20. The third-order valence-corrected chi connectivity index (χ3v) is 3.67. The number of nitrogens with two attached hydrogens (primary N) is 1. The van der Waals surface area contributed by atoms with Crippen molar-refractivity contribution < 1.29 is 14.3 Å². The van der Waals surface area contributed by atoms with Crippen LogP contribution in [-0.4, -0.2) is 23.7 Å². The van der Waals surface area contributed by atoms with Gasteiger partial charge in [-0.05, 0) is 43.7 Å². The summed E-state index contributed by atoms with van der Waals surface area (Å²) < 4.78 is 13.2. The summed E-state index contributed by atoms with van der Waals surface area (Å²) in [5.41, 5.74) is 5.61. The van der Waals surface area contributed by atoms with Crippen LogP contribution < -0.4 is 11.1 Å². The van der Waals surface area contributed by atoms with Crippen molar-refractivity contribution in [3.8, 4) is 0 Å². The monoisotopic (exact) mass is 266 g/mol. The van der Waals surface area contributed by atoms with Crippen LogP contribution in [0.25, 0.3) is 0 Å². The number of para-hydroxylation sites is 1. The van der Waals surface area contributed by atoms with Gasteiger partial charge in [0.25, 0.3) is 5.91 Å². The quantitative estimate of drug-likeness (QED) is 0.729. The van der Waals surface area contributed by atoms with Crippen LogP contribution in [0.15, 0.2) is 18.2 Å². The fourth-order valence-corrected chi connectivity index (χ4v) is 2.42. The molecule has 0 bridgehead atoms. The summed E-state index contributed by atoms with van der Waals surface area (Å²) in [6.45, 7) is 0.543. The average Bonchev–Trinajstić information content (AvgIpc) is 2.41. The Bertz CT molecular complexity index is 457. The zero-order chi connectivity index (χ0) is 13.8. The van der Waals surface area contributed by atoms with E-state index in [0.717, 1.165) is 25.7 Å². The predicted octanol–water partition coefficient (Wildman–Crippen LogP) is 1.69. The van der Waals surface area contributed by atoms with Crippen LogP contribution in [0.5, 0.6) is 0 Å². The Morgan fingerprint density at radius 2 is 2.05 bits per heavy atom. The standard InChI is InChI=1S/C14H19FN2O2/c15-12-3-1-2-11(13(12)16)14(19)17-8-9-4-6-10(18)7-5-9/h1-3,9-10,18H,4-8,16H2,(H,17,19). The van der Waals surface area contributed by atoms with E-state index in [9.17, 15) is 14.3 Å². The molecule has 1 aromatic carbocycles. The van der Waals surface area contributed by atoms with Gasteiger partial charge in [0.05, 0.1) is 17.4 Å². The first-order chi connectivity index (χ1) is 9.08. The van der Waals surface area contributed by atoms with Crippen molar-refractivity contribution in [3.63, 3.8) is 0 Å². The second-order valence-electron chi connectivity index (χ2n) is 5.09. The first-order valence-electron chi connectivity index (χ1n) is 6.58. The molecule has 0 heterocycles. The molecule has 1 aliphatic carbocycles. The van der Waals surface area contributed by atoms with Gasteiger partial charge in [0.15, 0.2) is 0 Å². The minimum absolute atomic E-state index is 0.112. The van der Waals surface area contributed by atoms with Gasteiger partial charge in [-0.1, -0.05) is 6.07 Å². The Labute approximate surface area is 111 Å². The molecule has 1 saturated carbocycles. The summed E-state index contributed by atoms with van der Waals surface area (Å²) in [6, 6.07) is 4.21.